The summed E-state index contributed by atoms with van der Waals surface area (Å²) in [5.74, 6) is 1.11. The molecule has 0 spiro atoms. The van der Waals surface area contributed by atoms with E-state index < -0.39 is 0 Å². The van der Waals surface area contributed by atoms with Crippen LogP contribution >= 0.6 is 0 Å². The van der Waals surface area contributed by atoms with Crippen LogP contribution in [0.5, 0.6) is 11.5 Å². The van der Waals surface area contributed by atoms with Crippen LogP contribution in [-0.4, -0.2) is 30.3 Å². The van der Waals surface area contributed by atoms with Crippen LogP contribution in [0.1, 0.15) is 21.7 Å². The van der Waals surface area contributed by atoms with Crippen LogP contribution in [0.4, 0.5) is 11.6 Å². The number of carbonyl (C=O) groups is 1. The lowest BCUT2D eigenvalue weighted by Gasteiger charge is -2.12. The maximum atomic E-state index is 12.6. The first-order valence-electron chi connectivity index (χ1n) is 8.61. The van der Waals surface area contributed by atoms with E-state index in [9.17, 15) is 4.79 Å². The smallest absolute Gasteiger partial charge is 0.273 e. The van der Waals surface area contributed by atoms with Crippen LogP contribution in [-0.2, 0) is 7.05 Å². The Morgan fingerprint density at radius 1 is 1.11 bits per heavy atom. The lowest BCUT2D eigenvalue weighted by atomic mass is 10.2. The van der Waals surface area contributed by atoms with E-state index in [4.69, 9.17) is 10.5 Å². The second-order valence-corrected chi connectivity index (χ2v) is 6.47. The molecule has 0 saturated carbocycles. The average molecular weight is 377 g/mol. The van der Waals surface area contributed by atoms with Gasteiger partial charge in [-0.15, -0.1) is 5.10 Å². The van der Waals surface area contributed by atoms with Crippen LogP contribution in [0.2, 0.25) is 0 Å². The molecular weight excluding hydrogens is 358 g/mol. The number of pyridine rings is 1. The van der Waals surface area contributed by atoms with E-state index in [0.29, 0.717) is 28.5 Å². The molecule has 4 aromatic rings. The van der Waals surface area contributed by atoms with Crippen molar-refractivity contribution in [2.75, 3.05) is 11.1 Å². The molecule has 3 heterocycles. The molecule has 3 aromatic heterocycles. The van der Waals surface area contributed by atoms with Crippen molar-refractivity contribution in [3.63, 3.8) is 0 Å². The summed E-state index contributed by atoms with van der Waals surface area (Å²) in [6, 6.07) is 10.8. The molecular formula is C19H19N7O2. The Bertz CT molecular complexity index is 1190. The SMILES string of the molecule is Cc1cc(C(=O)Nc2cc(Oc3ccc4nc(N)nn4c3)ccc2C)n(C)n1. The van der Waals surface area contributed by atoms with Crippen LogP contribution in [0.15, 0.2) is 42.6 Å². The van der Waals surface area contributed by atoms with Crippen LogP contribution in [0.25, 0.3) is 5.65 Å². The van der Waals surface area contributed by atoms with Crippen LogP contribution < -0.4 is 15.8 Å². The minimum absolute atomic E-state index is 0.197. The highest BCUT2D eigenvalue weighted by Gasteiger charge is 2.14. The standard InChI is InChI=1S/C19H19N7O2/c1-11-4-5-13(28-14-6-7-17-22-19(20)24-26(17)10-14)9-15(11)21-18(27)16-8-12(2)23-25(16)3/h4-10H,1-3H3,(H2,20,24)(H,21,27). The van der Waals surface area contributed by atoms with Gasteiger partial charge in [0.25, 0.3) is 5.91 Å². The molecule has 9 heteroatoms. The number of nitrogens with one attached hydrogen (secondary N) is 1. The number of nitrogens with two attached hydrogens (primary N) is 1. The number of benzene rings is 1. The molecule has 0 aliphatic carbocycles. The van der Waals surface area contributed by atoms with Gasteiger partial charge in [0.1, 0.15) is 17.2 Å². The molecule has 0 aliphatic heterocycles. The van der Waals surface area contributed by atoms with E-state index in [1.165, 1.54) is 0 Å². The van der Waals surface area contributed by atoms with Crippen molar-refractivity contribution in [1.82, 2.24) is 24.4 Å². The van der Waals surface area contributed by atoms with Gasteiger partial charge in [-0.3, -0.25) is 9.48 Å². The van der Waals surface area contributed by atoms with Crippen molar-refractivity contribution in [1.29, 1.82) is 0 Å². The number of rotatable bonds is 4. The lowest BCUT2D eigenvalue weighted by molar-refractivity contribution is 0.101. The zero-order valence-electron chi connectivity index (χ0n) is 15.7. The van der Waals surface area contributed by atoms with E-state index in [-0.39, 0.29) is 11.9 Å². The summed E-state index contributed by atoms with van der Waals surface area (Å²) in [6.07, 6.45) is 1.69. The first-order valence-corrected chi connectivity index (χ1v) is 8.61. The second kappa shape index (κ2) is 6.69. The number of ether oxygens (including phenoxy) is 1. The van der Waals surface area contributed by atoms with E-state index in [2.05, 4.69) is 20.5 Å². The number of aryl methyl sites for hydroxylation is 3. The molecule has 0 bridgehead atoms. The predicted molar refractivity (Wildman–Crippen MR) is 105 cm³/mol. The average Bonchev–Trinajstić information content (AvgIpc) is 3.17. The molecule has 0 unspecified atom stereocenters. The highest BCUT2D eigenvalue weighted by atomic mass is 16.5. The number of nitrogens with zero attached hydrogens (tertiary/aromatic N) is 5. The largest absolute Gasteiger partial charge is 0.456 e. The van der Waals surface area contributed by atoms with Crippen molar-refractivity contribution in [3.05, 3.63) is 59.5 Å². The maximum absolute atomic E-state index is 12.6. The fourth-order valence-corrected chi connectivity index (χ4v) is 2.89. The van der Waals surface area contributed by atoms with Gasteiger partial charge in [-0.1, -0.05) is 6.07 Å². The normalized spacial score (nSPS) is 11.0. The topological polar surface area (TPSA) is 112 Å². The molecule has 1 amide bonds. The van der Waals surface area contributed by atoms with Gasteiger partial charge in [0.15, 0.2) is 5.65 Å². The van der Waals surface area contributed by atoms with Crippen molar-refractivity contribution >= 4 is 23.2 Å². The summed E-state index contributed by atoms with van der Waals surface area (Å²) in [5, 5.41) is 11.2. The number of fused-ring (bicyclic) bond motifs is 1. The second-order valence-electron chi connectivity index (χ2n) is 6.47. The third-order valence-electron chi connectivity index (χ3n) is 4.25. The summed E-state index contributed by atoms with van der Waals surface area (Å²) in [6.45, 7) is 3.76. The Morgan fingerprint density at radius 2 is 1.89 bits per heavy atom. The molecule has 0 saturated heterocycles. The maximum Gasteiger partial charge on any atom is 0.273 e. The minimum Gasteiger partial charge on any atom is -0.456 e. The predicted octanol–water partition coefficient (Wildman–Crippen LogP) is 2.71. The molecule has 0 radical (unpaired) electrons. The zero-order valence-corrected chi connectivity index (χ0v) is 15.7. The van der Waals surface area contributed by atoms with E-state index in [1.54, 1.807) is 46.7 Å². The molecule has 4 rings (SSSR count). The number of hydrogen-bond acceptors (Lipinski definition) is 6. The number of carbonyl (C=O) groups excluding carboxylic acids is 1. The first kappa shape index (κ1) is 17.5. The minimum atomic E-state index is -0.233. The molecule has 0 aliphatic rings. The zero-order chi connectivity index (χ0) is 19.8. The van der Waals surface area contributed by atoms with Gasteiger partial charge in [0.05, 0.1) is 11.9 Å². The molecule has 3 N–H and O–H groups in total. The Kier molecular flexibility index (Phi) is 4.19. The Labute approximate surface area is 160 Å². The highest BCUT2D eigenvalue weighted by Crippen LogP contribution is 2.27. The van der Waals surface area contributed by atoms with Gasteiger partial charge < -0.3 is 15.8 Å². The van der Waals surface area contributed by atoms with E-state index in [0.717, 1.165) is 11.3 Å². The van der Waals surface area contributed by atoms with Gasteiger partial charge in [-0.05, 0) is 43.7 Å². The monoisotopic (exact) mass is 377 g/mol. The summed E-state index contributed by atoms with van der Waals surface area (Å²) in [7, 11) is 1.74. The quantitative estimate of drug-likeness (QED) is 0.565. The number of aromatic nitrogens is 5. The summed E-state index contributed by atoms with van der Waals surface area (Å²) >= 11 is 0. The molecule has 1 aromatic carbocycles. The van der Waals surface area contributed by atoms with Gasteiger partial charge in [-0.2, -0.15) is 10.1 Å². The Hall–Kier alpha value is -3.88. The van der Waals surface area contributed by atoms with Crippen LogP contribution in [0, 0.1) is 13.8 Å². The summed E-state index contributed by atoms with van der Waals surface area (Å²) < 4.78 is 9.01. The third-order valence-corrected chi connectivity index (χ3v) is 4.25. The fraction of sp³-hybridized carbons (Fsp3) is 0.158. The first-order chi connectivity index (χ1) is 13.4. The highest BCUT2D eigenvalue weighted by molar-refractivity contribution is 6.03. The van der Waals surface area contributed by atoms with Crippen molar-refractivity contribution in [3.8, 4) is 11.5 Å². The van der Waals surface area contributed by atoms with Crippen molar-refractivity contribution in [2.45, 2.75) is 13.8 Å². The number of hydrogen-bond donors (Lipinski definition) is 2. The van der Waals surface area contributed by atoms with Gasteiger partial charge in [-0.25, -0.2) is 4.52 Å². The number of amides is 1. The lowest BCUT2D eigenvalue weighted by Crippen LogP contribution is -2.16. The van der Waals surface area contributed by atoms with E-state index >= 15 is 0 Å². The Morgan fingerprint density at radius 3 is 2.64 bits per heavy atom. The number of anilines is 2. The van der Waals surface area contributed by atoms with Crippen LogP contribution in [0.3, 0.4) is 0 Å². The van der Waals surface area contributed by atoms with Gasteiger partial charge in [0, 0.05) is 18.8 Å². The van der Waals surface area contributed by atoms with Crippen molar-refractivity contribution in [2.24, 2.45) is 7.05 Å². The van der Waals surface area contributed by atoms with Crippen molar-refractivity contribution < 1.29 is 9.53 Å². The molecule has 0 fully saturated rings. The van der Waals surface area contributed by atoms with Gasteiger partial charge >= 0.3 is 0 Å². The van der Waals surface area contributed by atoms with E-state index in [1.807, 2.05) is 26.0 Å². The summed E-state index contributed by atoms with van der Waals surface area (Å²) in [5.41, 5.74) is 9.08. The molecule has 28 heavy (non-hydrogen) atoms. The fourth-order valence-electron chi connectivity index (χ4n) is 2.89. The van der Waals surface area contributed by atoms with Gasteiger partial charge in [0.2, 0.25) is 5.95 Å². The molecule has 0 atom stereocenters. The summed E-state index contributed by atoms with van der Waals surface area (Å²) in [4.78, 5) is 16.7. The molecule has 142 valence electrons. The Balaban J connectivity index is 1.57. The molecule has 9 nitrogen and oxygen atoms in total. The number of nitrogen functional groups attached to an aromatic ring is 1. The third kappa shape index (κ3) is 3.37.